The van der Waals surface area contributed by atoms with Crippen LogP contribution in [-0.2, 0) is 15.1 Å². The Morgan fingerprint density at radius 2 is 2.21 bits per heavy atom. The molecular formula is C20H26FN3O4S. The maximum atomic E-state index is 14.9. The van der Waals surface area contributed by atoms with Crippen LogP contribution in [-0.4, -0.2) is 34.5 Å². The lowest BCUT2D eigenvalue weighted by Gasteiger charge is -2.47. The van der Waals surface area contributed by atoms with Crippen LogP contribution in [0.1, 0.15) is 46.1 Å². The zero-order chi connectivity index (χ0) is 21.4. The van der Waals surface area contributed by atoms with E-state index < -0.39 is 16.3 Å². The van der Waals surface area contributed by atoms with Crippen molar-refractivity contribution < 1.29 is 18.8 Å². The van der Waals surface area contributed by atoms with Crippen molar-refractivity contribution in [2.75, 3.05) is 13.2 Å². The predicted molar refractivity (Wildman–Crippen MR) is 110 cm³/mol. The standard InChI is InChI=1S/C20H26FN3O4S/c1-12-14-7-8-28-11-20(14,15-9-13(24(26)27)5-6-16(15)21)23-18(29-12)22-17(25)10-19(2,3)4/h5-6,9,12,14H,7-8,10-11H2,1-4H3,(H,22,23,25)/t12-,14+,20+/m1/s1. The Hall–Kier alpha value is -2.00. The van der Waals surface area contributed by atoms with Crippen molar-refractivity contribution in [3.63, 3.8) is 0 Å². The largest absolute Gasteiger partial charge is 0.379 e. The number of carbonyl (C=O) groups is 1. The molecule has 1 aromatic carbocycles. The molecule has 0 aromatic heterocycles. The molecule has 9 heteroatoms. The predicted octanol–water partition coefficient (Wildman–Crippen LogP) is 4.01. The minimum atomic E-state index is -1.11. The Bertz CT molecular complexity index is 855. The normalized spacial score (nSPS) is 27.0. The molecule has 1 aromatic rings. The molecule has 2 aliphatic heterocycles. The quantitative estimate of drug-likeness (QED) is 0.586. The lowest BCUT2D eigenvalue weighted by molar-refractivity contribution is -0.385. The first-order chi connectivity index (χ1) is 13.5. The fourth-order valence-electron chi connectivity index (χ4n) is 3.99. The highest BCUT2D eigenvalue weighted by Crippen LogP contribution is 2.49. The summed E-state index contributed by atoms with van der Waals surface area (Å²) in [6, 6.07) is 3.50. The summed E-state index contributed by atoms with van der Waals surface area (Å²) in [5.41, 5.74) is -1.34. The molecule has 1 amide bonds. The van der Waals surface area contributed by atoms with Gasteiger partial charge in [-0.2, -0.15) is 0 Å². The van der Waals surface area contributed by atoms with Crippen LogP contribution in [0.4, 0.5) is 10.1 Å². The topological polar surface area (TPSA) is 93.8 Å². The van der Waals surface area contributed by atoms with Crippen LogP contribution < -0.4 is 5.32 Å². The highest BCUT2D eigenvalue weighted by Gasteiger charge is 2.51. The number of nitro benzene ring substituents is 1. The van der Waals surface area contributed by atoms with Crippen molar-refractivity contribution in [3.8, 4) is 0 Å². The van der Waals surface area contributed by atoms with Crippen LogP contribution in [0.15, 0.2) is 23.2 Å². The van der Waals surface area contributed by atoms with Crippen molar-refractivity contribution in [2.24, 2.45) is 16.3 Å². The second-order valence-electron chi connectivity index (χ2n) is 8.82. The molecular weight excluding hydrogens is 397 g/mol. The number of amidine groups is 1. The van der Waals surface area contributed by atoms with Gasteiger partial charge in [-0.25, -0.2) is 9.38 Å². The molecule has 3 atom stereocenters. The van der Waals surface area contributed by atoms with Gasteiger partial charge >= 0.3 is 0 Å². The SMILES string of the molecule is C[C@H]1SC(NC(=O)CC(C)(C)C)=N[C@@]2(c3cc([N+](=O)[O-])ccc3F)COCC[C@@H]12. The van der Waals surface area contributed by atoms with Gasteiger partial charge in [-0.05, 0) is 17.9 Å². The number of nitrogens with one attached hydrogen (secondary N) is 1. The number of halogens is 1. The molecule has 3 rings (SSSR count). The molecule has 0 radical (unpaired) electrons. The summed E-state index contributed by atoms with van der Waals surface area (Å²) < 4.78 is 20.5. The van der Waals surface area contributed by atoms with Crippen molar-refractivity contribution in [3.05, 3.63) is 39.7 Å². The fraction of sp³-hybridized carbons (Fsp3) is 0.600. The summed E-state index contributed by atoms with van der Waals surface area (Å²) in [6.07, 6.45) is 0.974. The summed E-state index contributed by atoms with van der Waals surface area (Å²) in [6.45, 7) is 8.55. The Labute approximate surface area is 173 Å². The van der Waals surface area contributed by atoms with Crippen LogP contribution in [0.2, 0.25) is 0 Å². The van der Waals surface area contributed by atoms with E-state index in [1.54, 1.807) is 0 Å². The van der Waals surface area contributed by atoms with Crippen LogP contribution >= 0.6 is 11.8 Å². The fourth-order valence-corrected chi connectivity index (χ4v) is 5.25. The number of amides is 1. The minimum Gasteiger partial charge on any atom is -0.379 e. The van der Waals surface area contributed by atoms with E-state index in [-0.39, 0.29) is 40.3 Å². The van der Waals surface area contributed by atoms with E-state index in [1.807, 2.05) is 27.7 Å². The van der Waals surface area contributed by atoms with Crippen LogP contribution in [0, 0.1) is 27.3 Å². The Morgan fingerprint density at radius 3 is 2.86 bits per heavy atom. The van der Waals surface area contributed by atoms with E-state index in [2.05, 4.69) is 5.32 Å². The number of nitrogens with zero attached hydrogens (tertiary/aromatic N) is 2. The average molecular weight is 424 g/mol. The zero-order valence-electron chi connectivity index (χ0n) is 17.0. The average Bonchev–Trinajstić information content (AvgIpc) is 2.60. The number of benzene rings is 1. The van der Waals surface area contributed by atoms with E-state index in [9.17, 15) is 19.3 Å². The molecule has 29 heavy (non-hydrogen) atoms. The molecule has 1 saturated heterocycles. The van der Waals surface area contributed by atoms with Gasteiger partial charge in [-0.3, -0.25) is 14.9 Å². The van der Waals surface area contributed by atoms with E-state index in [1.165, 1.54) is 17.8 Å². The van der Waals surface area contributed by atoms with Crippen molar-refractivity contribution in [1.82, 2.24) is 5.32 Å². The number of ether oxygens (including phenoxy) is 1. The first-order valence-electron chi connectivity index (χ1n) is 9.60. The third-order valence-corrected chi connectivity index (χ3v) is 6.36. The number of hydrogen-bond acceptors (Lipinski definition) is 6. The number of thioether (sulfide) groups is 1. The summed E-state index contributed by atoms with van der Waals surface area (Å²) in [5, 5.41) is 14.5. The monoisotopic (exact) mass is 423 g/mol. The third-order valence-electron chi connectivity index (χ3n) is 5.24. The Morgan fingerprint density at radius 1 is 1.48 bits per heavy atom. The van der Waals surface area contributed by atoms with Gasteiger partial charge in [0, 0.05) is 41.9 Å². The van der Waals surface area contributed by atoms with Crippen molar-refractivity contribution in [1.29, 1.82) is 0 Å². The van der Waals surface area contributed by atoms with Gasteiger partial charge in [0.2, 0.25) is 5.91 Å². The van der Waals surface area contributed by atoms with E-state index in [0.29, 0.717) is 24.6 Å². The van der Waals surface area contributed by atoms with Gasteiger partial charge in [-0.15, -0.1) is 0 Å². The number of nitro groups is 1. The molecule has 0 unspecified atom stereocenters. The van der Waals surface area contributed by atoms with Gasteiger partial charge in [0.15, 0.2) is 5.17 Å². The zero-order valence-corrected chi connectivity index (χ0v) is 17.8. The lowest BCUT2D eigenvalue weighted by Crippen LogP contribution is -2.52. The number of carbonyl (C=O) groups excluding carboxylic acids is 1. The number of aliphatic imine (C=N–C) groups is 1. The second-order valence-corrected chi connectivity index (χ2v) is 10.2. The minimum absolute atomic E-state index is 0.0278. The van der Waals surface area contributed by atoms with E-state index in [0.717, 1.165) is 12.1 Å². The van der Waals surface area contributed by atoms with Crippen molar-refractivity contribution in [2.45, 2.75) is 51.3 Å². The molecule has 1 fully saturated rings. The van der Waals surface area contributed by atoms with Gasteiger partial charge in [0.1, 0.15) is 11.4 Å². The molecule has 2 aliphatic rings. The first kappa shape index (κ1) is 21.7. The maximum absolute atomic E-state index is 14.9. The molecule has 0 aliphatic carbocycles. The third kappa shape index (κ3) is 4.61. The molecule has 0 saturated carbocycles. The smallest absolute Gasteiger partial charge is 0.270 e. The molecule has 0 bridgehead atoms. The summed E-state index contributed by atoms with van der Waals surface area (Å²) >= 11 is 1.44. The molecule has 2 heterocycles. The highest BCUT2D eigenvalue weighted by molar-refractivity contribution is 8.14. The van der Waals surface area contributed by atoms with Gasteiger partial charge in [0.05, 0.1) is 11.5 Å². The van der Waals surface area contributed by atoms with Crippen LogP contribution in [0.5, 0.6) is 0 Å². The number of fused-ring (bicyclic) bond motifs is 1. The van der Waals surface area contributed by atoms with E-state index >= 15 is 0 Å². The summed E-state index contributed by atoms with van der Waals surface area (Å²) in [4.78, 5) is 27.9. The lowest BCUT2D eigenvalue weighted by atomic mass is 9.74. The van der Waals surface area contributed by atoms with Crippen molar-refractivity contribution >= 4 is 28.5 Å². The Kier molecular flexibility index (Phi) is 6.01. The molecule has 7 nitrogen and oxygen atoms in total. The van der Waals surface area contributed by atoms with Crippen LogP contribution in [0.25, 0.3) is 0 Å². The summed E-state index contributed by atoms with van der Waals surface area (Å²) in [7, 11) is 0. The number of hydrogen-bond donors (Lipinski definition) is 1. The molecule has 158 valence electrons. The first-order valence-corrected chi connectivity index (χ1v) is 10.5. The van der Waals surface area contributed by atoms with Gasteiger partial charge in [0.25, 0.3) is 5.69 Å². The second kappa shape index (κ2) is 8.02. The molecule has 0 spiro atoms. The van der Waals surface area contributed by atoms with E-state index in [4.69, 9.17) is 9.73 Å². The number of non-ortho nitro benzene ring substituents is 1. The highest BCUT2D eigenvalue weighted by atomic mass is 32.2. The molecule has 1 N–H and O–H groups in total. The van der Waals surface area contributed by atoms with Gasteiger partial charge < -0.3 is 10.1 Å². The van der Waals surface area contributed by atoms with Crippen LogP contribution in [0.3, 0.4) is 0 Å². The Balaban J connectivity index is 2.05. The maximum Gasteiger partial charge on any atom is 0.270 e. The number of rotatable bonds is 3. The summed E-state index contributed by atoms with van der Waals surface area (Å²) in [5.74, 6) is -0.795. The van der Waals surface area contributed by atoms with Gasteiger partial charge in [-0.1, -0.05) is 39.5 Å².